The number of carboxylic acid groups (broad SMARTS) is 1. The minimum absolute atomic E-state index is 0.0518. The first-order chi connectivity index (χ1) is 14.6. The molecule has 1 fully saturated rings. The number of aliphatic hydroxyl groups is 1. The van der Waals surface area contributed by atoms with E-state index in [0.29, 0.717) is 0 Å². The SMILES string of the molecule is CC(=O)O[C@@H]1C[C@@H](C)O[C@@]2(O[C@@H](CC(=O)O)CC3=C2C(=O)c2ccccc2C3=O)[C@@H]1O. The van der Waals surface area contributed by atoms with E-state index < -0.39 is 60.1 Å². The highest BCUT2D eigenvalue weighted by atomic mass is 16.7. The second kappa shape index (κ2) is 7.67. The van der Waals surface area contributed by atoms with Gasteiger partial charge in [-0.1, -0.05) is 24.3 Å². The van der Waals surface area contributed by atoms with E-state index >= 15 is 0 Å². The number of carboxylic acids is 1. The molecule has 0 aromatic heterocycles. The van der Waals surface area contributed by atoms with Crippen molar-refractivity contribution in [1.82, 2.24) is 0 Å². The topological polar surface area (TPSA) is 136 Å². The van der Waals surface area contributed by atoms with E-state index in [-0.39, 0.29) is 35.1 Å². The van der Waals surface area contributed by atoms with E-state index in [0.717, 1.165) is 0 Å². The largest absolute Gasteiger partial charge is 0.481 e. The maximum atomic E-state index is 13.5. The van der Waals surface area contributed by atoms with Gasteiger partial charge in [-0.25, -0.2) is 0 Å². The predicted octanol–water partition coefficient (Wildman–Crippen LogP) is 1.42. The Morgan fingerprint density at radius 2 is 1.81 bits per heavy atom. The molecule has 9 heteroatoms. The number of carbonyl (C=O) groups excluding carboxylic acids is 3. The van der Waals surface area contributed by atoms with Crippen LogP contribution in [0, 0.1) is 0 Å². The van der Waals surface area contributed by atoms with Crippen molar-refractivity contribution in [3.63, 3.8) is 0 Å². The molecule has 4 rings (SSSR count). The monoisotopic (exact) mass is 430 g/mol. The van der Waals surface area contributed by atoms with Crippen LogP contribution in [-0.4, -0.2) is 63.9 Å². The molecule has 2 heterocycles. The average Bonchev–Trinajstić information content (AvgIpc) is 2.68. The fraction of sp³-hybridized carbons (Fsp3) is 0.455. The summed E-state index contributed by atoms with van der Waals surface area (Å²) >= 11 is 0. The molecule has 0 unspecified atom stereocenters. The number of benzene rings is 1. The number of fused-ring (bicyclic) bond motifs is 2. The zero-order valence-electron chi connectivity index (χ0n) is 17.0. The number of aliphatic carboxylic acids is 1. The summed E-state index contributed by atoms with van der Waals surface area (Å²) in [5.74, 6) is -4.94. The number of aliphatic hydroxyl groups excluding tert-OH is 1. The number of ketones is 2. The number of ether oxygens (including phenoxy) is 3. The molecule has 1 aliphatic carbocycles. The Balaban J connectivity index is 1.89. The van der Waals surface area contributed by atoms with Crippen molar-refractivity contribution in [2.24, 2.45) is 0 Å². The minimum Gasteiger partial charge on any atom is -0.481 e. The van der Waals surface area contributed by atoms with E-state index in [4.69, 9.17) is 14.2 Å². The zero-order chi connectivity index (χ0) is 22.5. The van der Waals surface area contributed by atoms with E-state index in [1.807, 2.05) is 0 Å². The Morgan fingerprint density at radius 1 is 1.16 bits per heavy atom. The summed E-state index contributed by atoms with van der Waals surface area (Å²) in [5, 5.41) is 20.5. The number of rotatable bonds is 3. The van der Waals surface area contributed by atoms with Crippen LogP contribution in [0.2, 0.25) is 0 Å². The maximum Gasteiger partial charge on any atom is 0.305 e. The van der Waals surface area contributed by atoms with Gasteiger partial charge in [-0.2, -0.15) is 0 Å². The molecule has 3 aliphatic rings. The van der Waals surface area contributed by atoms with Gasteiger partial charge < -0.3 is 24.4 Å². The van der Waals surface area contributed by atoms with E-state index in [1.165, 1.54) is 19.1 Å². The lowest BCUT2D eigenvalue weighted by Gasteiger charge is -2.51. The maximum absolute atomic E-state index is 13.5. The Morgan fingerprint density at radius 3 is 2.42 bits per heavy atom. The molecule has 31 heavy (non-hydrogen) atoms. The Hall–Kier alpha value is -2.88. The van der Waals surface area contributed by atoms with Crippen molar-refractivity contribution in [2.75, 3.05) is 0 Å². The van der Waals surface area contributed by atoms with Gasteiger partial charge in [-0.15, -0.1) is 0 Å². The van der Waals surface area contributed by atoms with Gasteiger partial charge in [0.1, 0.15) is 12.2 Å². The van der Waals surface area contributed by atoms with Gasteiger partial charge in [-0.3, -0.25) is 19.2 Å². The molecule has 1 aromatic carbocycles. The molecule has 0 bridgehead atoms. The quantitative estimate of drug-likeness (QED) is 0.682. The molecule has 2 aliphatic heterocycles. The summed E-state index contributed by atoms with van der Waals surface area (Å²) in [6, 6.07) is 6.26. The van der Waals surface area contributed by atoms with E-state index in [2.05, 4.69) is 0 Å². The standard InChI is InChI=1S/C22H22O9/c1-10-7-16(29-11(2)23)21(28)22(30-10)18-15(8-12(31-22)9-17(24)25)19(26)13-5-3-4-6-14(13)20(18)27/h3-6,10,12,16,21,28H,7-9H2,1-2H3,(H,24,25)/t10-,12-,16-,21-,22+/m1/s1. The van der Waals surface area contributed by atoms with Crippen molar-refractivity contribution in [3.05, 3.63) is 46.5 Å². The molecule has 0 amide bonds. The Labute approximate surface area is 177 Å². The molecular weight excluding hydrogens is 408 g/mol. The molecule has 9 nitrogen and oxygen atoms in total. The highest BCUT2D eigenvalue weighted by molar-refractivity contribution is 6.27. The molecule has 0 saturated carbocycles. The van der Waals surface area contributed by atoms with Gasteiger partial charge in [0.2, 0.25) is 5.79 Å². The highest BCUT2D eigenvalue weighted by Gasteiger charge is 2.61. The molecule has 2 N–H and O–H groups in total. The lowest BCUT2D eigenvalue weighted by Crippen LogP contribution is -2.65. The van der Waals surface area contributed by atoms with Crippen LogP contribution in [0.25, 0.3) is 0 Å². The first-order valence-electron chi connectivity index (χ1n) is 9.98. The van der Waals surface area contributed by atoms with Crippen molar-refractivity contribution in [3.8, 4) is 0 Å². The molecule has 164 valence electrons. The fourth-order valence-electron chi connectivity index (χ4n) is 4.62. The van der Waals surface area contributed by atoms with Crippen LogP contribution < -0.4 is 0 Å². The summed E-state index contributed by atoms with van der Waals surface area (Å²) in [7, 11) is 0. The Bertz CT molecular complexity index is 1010. The third kappa shape index (κ3) is 3.48. The summed E-state index contributed by atoms with van der Waals surface area (Å²) in [5.41, 5.74) is 0.237. The average molecular weight is 430 g/mol. The van der Waals surface area contributed by atoms with Crippen LogP contribution in [0.5, 0.6) is 0 Å². The summed E-state index contributed by atoms with van der Waals surface area (Å²) in [6.45, 7) is 2.84. The van der Waals surface area contributed by atoms with Crippen LogP contribution in [0.3, 0.4) is 0 Å². The van der Waals surface area contributed by atoms with Gasteiger partial charge in [0.05, 0.1) is 24.2 Å². The highest BCUT2D eigenvalue weighted by Crippen LogP contribution is 2.48. The summed E-state index contributed by atoms with van der Waals surface area (Å²) < 4.78 is 17.2. The fourth-order valence-corrected chi connectivity index (χ4v) is 4.62. The van der Waals surface area contributed by atoms with Gasteiger partial charge in [0.25, 0.3) is 0 Å². The number of hydrogen-bond acceptors (Lipinski definition) is 8. The van der Waals surface area contributed by atoms with Crippen molar-refractivity contribution >= 4 is 23.5 Å². The van der Waals surface area contributed by atoms with E-state index in [1.54, 1.807) is 19.1 Å². The van der Waals surface area contributed by atoms with Gasteiger partial charge in [-0.05, 0) is 6.92 Å². The number of hydrogen-bond donors (Lipinski definition) is 2. The molecule has 0 radical (unpaired) electrons. The molecule has 1 saturated heterocycles. The first kappa shape index (κ1) is 21.4. The zero-order valence-corrected chi connectivity index (χ0v) is 17.0. The number of esters is 1. The van der Waals surface area contributed by atoms with Crippen LogP contribution in [0.4, 0.5) is 0 Å². The normalized spacial score (nSPS) is 32.5. The lowest BCUT2D eigenvalue weighted by molar-refractivity contribution is -0.334. The molecule has 1 aromatic rings. The first-order valence-corrected chi connectivity index (χ1v) is 9.98. The van der Waals surface area contributed by atoms with Crippen molar-refractivity contribution in [2.45, 2.75) is 63.3 Å². The second-order valence-corrected chi connectivity index (χ2v) is 8.02. The predicted molar refractivity (Wildman–Crippen MR) is 103 cm³/mol. The number of Topliss-reactive ketones (excluding diaryl/α,β-unsaturated/α-hetero) is 2. The lowest BCUT2D eigenvalue weighted by atomic mass is 9.73. The van der Waals surface area contributed by atoms with Crippen LogP contribution in [0.15, 0.2) is 35.4 Å². The Kier molecular flexibility index (Phi) is 5.28. The van der Waals surface area contributed by atoms with Crippen LogP contribution in [0.1, 0.15) is 53.8 Å². The summed E-state index contributed by atoms with van der Waals surface area (Å²) in [6.07, 6.45) is -4.82. The number of carbonyl (C=O) groups is 4. The smallest absolute Gasteiger partial charge is 0.305 e. The minimum atomic E-state index is -2.13. The van der Waals surface area contributed by atoms with E-state index in [9.17, 15) is 29.4 Å². The molecular formula is C22H22O9. The van der Waals surface area contributed by atoms with Gasteiger partial charge in [0.15, 0.2) is 11.6 Å². The van der Waals surface area contributed by atoms with Gasteiger partial charge >= 0.3 is 11.9 Å². The summed E-state index contributed by atoms with van der Waals surface area (Å²) in [4.78, 5) is 49.7. The third-order valence-electron chi connectivity index (χ3n) is 5.74. The van der Waals surface area contributed by atoms with Gasteiger partial charge in [0, 0.05) is 36.5 Å². The van der Waals surface area contributed by atoms with Crippen molar-refractivity contribution in [1.29, 1.82) is 0 Å². The van der Waals surface area contributed by atoms with Crippen molar-refractivity contribution < 1.29 is 43.6 Å². The second-order valence-electron chi connectivity index (χ2n) is 8.02. The third-order valence-corrected chi connectivity index (χ3v) is 5.74. The van der Waals surface area contributed by atoms with Crippen LogP contribution >= 0.6 is 0 Å². The molecule has 1 spiro atoms. The van der Waals surface area contributed by atoms with Crippen LogP contribution in [-0.2, 0) is 23.8 Å². The molecule has 5 atom stereocenters.